The topological polar surface area (TPSA) is 69.9 Å². The molecule has 0 aliphatic carbocycles. The second-order valence-corrected chi connectivity index (χ2v) is 6.85. The molecule has 0 fully saturated rings. The van der Waals surface area contributed by atoms with Gasteiger partial charge in [0.2, 0.25) is 5.91 Å². The van der Waals surface area contributed by atoms with E-state index in [1.54, 1.807) is 4.90 Å². The first-order valence-electron chi connectivity index (χ1n) is 7.19. The predicted octanol–water partition coefficient (Wildman–Crippen LogP) is 3.69. The number of hydrogen-bond acceptors (Lipinski definition) is 6. The van der Waals surface area contributed by atoms with Crippen molar-refractivity contribution in [2.24, 2.45) is 0 Å². The third kappa shape index (κ3) is 4.09. The lowest BCUT2D eigenvalue weighted by Crippen LogP contribution is -2.27. The van der Waals surface area contributed by atoms with E-state index in [0.717, 1.165) is 22.0 Å². The molecule has 0 aliphatic rings. The van der Waals surface area contributed by atoms with Crippen LogP contribution in [0.4, 0.5) is 5.13 Å². The second-order valence-electron chi connectivity index (χ2n) is 5.05. The Bertz CT molecular complexity index is 764. The summed E-state index contributed by atoms with van der Waals surface area (Å²) < 4.78 is 0. The molecule has 0 atom stereocenters. The Morgan fingerprint density at radius 3 is 2.78 bits per heavy atom. The van der Waals surface area contributed by atoms with Crippen molar-refractivity contribution in [2.45, 2.75) is 38.5 Å². The van der Waals surface area contributed by atoms with Gasteiger partial charge >= 0.3 is 0 Å². The van der Waals surface area contributed by atoms with Gasteiger partial charge in [-0.1, -0.05) is 11.8 Å². The van der Waals surface area contributed by atoms with Gasteiger partial charge in [0.25, 0.3) is 0 Å². The third-order valence-corrected chi connectivity index (χ3v) is 5.17. The summed E-state index contributed by atoms with van der Waals surface area (Å²) in [7, 11) is 0. The maximum Gasteiger partial charge on any atom is 0.225 e. The van der Waals surface area contributed by atoms with Crippen molar-refractivity contribution in [3.05, 3.63) is 34.0 Å². The fourth-order valence-electron chi connectivity index (χ4n) is 2.16. The average Bonchev–Trinajstić information content (AvgIpc) is 2.93. The van der Waals surface area contributed by atoms with Crippen molar-refractivity contribution < 1.29 is 4.79 Å². The number of pyridine rings is 1. The minimum Gasteiger partial charge on any atom is -0.289 e. The number of nitriles is 1. The molecule has 0 aromatic carbocycles. The maximum absolute atomic E-state index is 11.6. The van der Waals surface area contributed by atoms with E-state index in [1.165, 1.54) is 30.0 Å². The summed E-state index contributed by atoms with van der Waals surface area (Å²) in [6.45, 7) is 7.91. The molecule has 0 radical (unpaired) electrons. The van der Waals surface area contributed by atoms with Gasteiger partial charge in [0.05, 0.1) is 11.3 Å². The van der Waals surface area contributed by atoms with Gasteiger partial charge in [-0.2, -0.15) is 5.26 Å². The third-order valence-electron chi connectivity index (χ3n) is 3.25. The summed E-state index contributed by atoms with van der Waals surface area (Å²) in [4.78, 5) is 22.2. The molecule has 2 heterocycles. The molecule has 1 amide bonds. The van der Waals surface area contributed by atoms with Crippen LogP contribution in [-0.2, 0) is 10.5 Å². The van der Waals surface area contributed by atoms with Crippen molar-refractivity contribution >= 4 is 34.1 Å². The second kappa shape index (κ2) is 7.57. The van der Waals surface area contributed by atoms with E-state index in [2.05, 4.69) is 16.0 Å². The summed E-state index contributed by atoms with van der Waals surface area (Å²) in [5, 5.41) is 12.7. The molecule has 0 saturated heterocycles. The Hall–Kier alpha value is -1.91. The minimum atomic E-state index is -0.0104. The van der Waals surface area contributed by atoms with Gasteiger partial charge in [-0.25, -0.2) is 9.97 Å². The molecule has 7 heteroatoms. The number of nitrogens with zero attached hydrogens (tertiary/aromatic N) is 4. The zero-order valence-corrected chi connectivity index (χ0v) is 15.2. The SMILES string of the molecule is CCN(C(C)=O)c1nc(CSc2nc(C)cc(C)c2C#N)cs1. The molecule has 2 aromatic rings. The van der Waals surface area contributed by atoms with Crippen LogP contribution in [0.5, 0.6) is 0 Å². The van der Waals surface area contributed by atoms with E-state index in [1.807, 2.05) is 32.2 Å². The summed E-state index contributed by atoms with van der Waals surface area (Å²) >= 11 is 2.96. The van der Waals surface area contributed by atoms with E-state index >= 15 is 0 Å². The molecule has 23 heavy (non-hydrogen) atoms. The van der Waals surface area contributed by atoms with E-state index in [9.17, 15) is 10.1 Å². The molecular formula is C16H18N4OS2. The molecule has 2 rings (SSSR count). The smallest absolute Gasteiger partial charge is 0.225 e. The van der Waals surface area contributed by atoms with Gasteiger partial charge in [-0.15, -0.1) is 11.3 Å². The highest BCUT2D eigenvalue weighted by molar-refractivity contribution is 7.98. The first-order valence-corrected chi connectivity index (χ1v) is 9.06. The van der Waals surface area contributed by atoms with Gasteiger partial charge < -0.3 is 0 Å². The molecule has 0 N–H and O–H groups in total. The number of aryl methyl sites for hydroxylation is 2. The number of carbonyl (C=O) groups excluding carboxylic acids is 1. The van der Waals surface area contributed by atoms with Crippen LogP contribution in [-0.4, -0.2) is 22.4 Å². The van der Waals surface area contributed by atoms with Crippen LogP contribution in [0.25, 0.3) is 0 Å². The van der Waals surface area contributed by atoms with Crippen molar-refractivity contribution in [3.63, 3.8) is 0 Å². The highest BCUT2D eigenvalue weighted by Crippen LogP contribution is 2.29. The van der Waals surface area contributed by atoms with E-state index < -0.39 is 0 Å². The standard InChI is InChI=1S/C16H18N4OS2/c1-5-20(12(4)21)16-19-13(9-23-16)8-22-15-14(7-17)10(2)6-11(3)18-15/h6,9H,5,8H2,1-4H3. The van der Waals surface area contributed by atoms with Crippen LogP contribution in [0.15, 0.2) is 16.5 Å². The summed E-state index contributed by atoms with van der Waals surface area (Å²) in [5.74, 6) is 0.611. The fraction of sp³-hybridized carbons (Fsp3) is 0.375. The van der Waals surface area contributed by atoms with Crippen molar-refractivity contribution in [1.29, 1.82) is 5.26 Å². The molecule has 2 aromatic heterocycles. The van der Waals surface area contributed by atoms with Crippen LogP contribution < -0.4 is 4.90 Å². The first kappa shape index (κ1) is 17.4. The monoisotopic (exact) mass is 346 g/mol. The Balaban J connectivity index is 2.15. The molecule has 120 valence electrons. The number of amides is 1. The first-order chi connectivity index (χ1) is 11.0. The van der Waals surface area contributed by atoms with Crippen LogP contribution in [0.1, 0.15) is 36.4 Å². The van der Waals surface area contributed by atoms with Gasteiger partial charge in [-0.3, -0.25) is 9.69 Å². The lowest BCUT2D eigenvalue weighted by atomic mass is 10.1. The Morgan fingerprint density at radius 2 is 2.17 bits per heavy atom. The normalized spacial score (nSPS) is 10.4. The highest BCUT2D eigenvalue weighted by atomic mass is 32.2. The lowest BCUT2D eigenvalue weighted by molar-refractivity contribution is -0.116. The van der Waals surface area contributed by atoms with Gasteiger partial charge in [0, 0.05) is 30.3 Å². The van der Waals surface area contributed by atoms with Crippen molar-refractivity contribution in [3.8, 4) is 6.07 Å². The van der Waals surface area contributed by atoms with Crippen LogP contribution in [0.2, 0.25) is 0 Å². The Labute approximate surface area is 144 Å². The van der Waals surface area contributed by atoms with Crippen LogP contribution in [0.3, 0.4) is 0 Å². The molecular weight excluding hydrogens is 328 g/mol. The highest BCUT2D eigenvalue weighted by Gasteiger charge is 2.15. The number of hydrogen-bond donors (Lipinski definition) is 0. The largest absolute Gasteiger partial charge is 0.289 e. The van der Waals surface area contributed by atoms with Crippen LogP contribution in [0, 0.1) is 25.2 Å². The summed E-state index contributed by atoms with van der Waals surface area (Å²) in [6, 6.07) is 4.13. The van der Waals surface area contributed by atoms with Gasteiger partial charge in [0.1, 0.15) is 11.1 Å². The fourth-order valence-corrected chi connectivity index (χ4v) is 4.19. The number of aromatic nitrogens is 2. The number of rotatable bonds is 5. The molecule has 0 saturated carbocycles. The summed E-state index contributed by atoms with van der Waals surface area (Å²) in [5.41, 5.74) is 3.35. The molecule has 0 spiro atoms. The molecule has 0 unspecified atom stereocenters. The number of thiazole rings is 1. The van der Waals surface area contributed by atoms with E-state index in [-0.39, 0.29) is 5.91 Å². The average molecular weight is 346 g/mol. The molecule has 0 aliphatic heterocycles. The number of thioether (sulfide) groups is 1. The lowest BCUT2D eigenvalue weighted by Gasteiger charge is -2.14. The zero-order chi connectivity index (χ0) is 17.0. The molecule has 5 nitrogen and oxygen atoms in total. The predicted molar refractivity (Wildman–Crippen MR) is 93.8 cm³/mol. The Morgan fingerprint density at radius 1 is 1.43 bits per heavy atom. The quantitative estimate of drug-likeness (QED) is 0.772. The van der Waals surface area contributed by atoms with E-state index in [4.69, 9.17) is 0 Å². The maximum atomic E-state index is 11.6. The van der Waals surface area contributed by atoms with E-state index in [0.29, 0.717) is 23.0 Å². The van der Waals surface area contributed by atoms with Crippen LogP contribution >= 0.6 is 23.1 Å². The van der Waals surface area contributed by atoms with Crippen molar-refractivity contribution in [2.75, 3.05) is 11.4 Å². The zero-order valence-electron chi connectivity index (χ0n) is 13.6. The van der Waals surface area contributed by atoms with Gasteiger partial charge in [0.15, 0.2) is 5.13 Å². The Kier molecular flexibility index (Phi) is 5.74. The molecule has 0 bridgehead atoms. The summed E-state index contributed by atoms with van der Waals surface area (Å²) in [6.07, 6.45) is 0. The minimum absolute atomic E-state index is 0.0104. The van der Waals surface area contributed by atoms with Gasteiger partial charge in [-0.05, 0) is 32.4 Å². The number of anilines is 1. The van der Waals surface area contributed by atoms with Crippen molar-refractivity contribution in [1.82, 2.24) is 9.97 Å². The number of carbonyl (C=O) groups is 1.